The summed E-state index contributed by atoms with van der Waals surface area (Å²) >= 11 is 3.43. The number of benzene rings is 1. The van der Waals surface area contributed by atoms with Gasteiger partial charge in [0.05, 0.1) is 24.7 Å². The summed E-state index contributed by atoms with van der Waals surface area (Å²) in [7, 11) is 0. The summed E-state index contributed by atoms with van der Waals surface area (Å²) in [5.41, 5.74) is 0.676. The monoisotopic (exact) mass is 354 g/mol. The molecule has 1 aromatic rings. The Balaban J connectivity index is 2.05. The quantitative estimate of drug-likeness (QED) is 0.853. The average Bonchev–Trinajstić information content (AvgIpc) is 2.87. The summed E-state index contributed by atoms with van der Waals surface area (Å²) in [6.45, 7) is 8.01. The largest absolute Gasteiger partial charge is 0.379 e. The van der Waals surface area contributed by atoms with Gasteiger partial charge in [-0.15, -0.1) is 0 Å². The van der Waals surface area contributed by atoms with Crippen LogP contribution in [0.1, 0.15) is 26.3 Å². The molecule has 1 amide bonds. The number of hydrogen-bond acceptors (Lipinski definition) is 3. The molecule has 0 aromatic heterocycles. The van der Waals surface area contributed by atoms with E-state index in [-0.39, 0.29) is 17.9 Å². The first-order chi connectivity index (χ1) is 9.94. The second-order valence-electron chi connectivity index (χ2n) is 5.93. The number of hydrogen-bond donors (Lipinski definition) is 2. The van der Waals surface area contributed by atoms with E-state index in [4.69, 9.17) is 4.74 Å². The van der Waals surface area contributed by atoms with Gasteiger partial charge in [-0.3, -0.25) is 4.79 Å². The molecule has 1 saturated heterocycles. The van der Waals surface area contributed by atoms with Crippen molar-refractivity contribution in [3.63, 3.8) is 0 Å². The Morgan fingerprint density at radius 1 is 1.33 bits per heavy atom. The maximum absolute atomic E-state index is 12.5. The lowest BCUT2D eigenvalue weighted by atomic mass is 9.92. The fraction of sp³-hybridized carbons (Fsp3) is 0.562. The number of nitrogens with one attached hydrogen (secondary N) is 2. The second kappa shape index (κ2) is 6.90. The van der Waals surface area contributed by atoms with E-state index in [2.05, 4.69) is 26.6 Å². The molecule has 1 heterocycles. The van der Waals surface area contributed by atoms with Crippen LogP contribution < -0.4 is 10.6 Å². The van der Waals surface area contributed by atoms with E-state index in [9.17, 15) is 4.79 Å². The first-order valence-electron chi connectivity index (χ1n) is 7.33. The number of ether oxygens (including phenoxy) is 1. The highest BCUT2D eigenvalue weighted by atomic mass is 79.9. The van der Waals surface area contributed by atoms with Crippen LogP contribution in [0.4, 0.5) is 0 Å². The molecule has 0 spiro atoms. The van der Waals surface area contributed by atoms with Gasteiger partial charge in [-0.1, -0.05) is 35.0 Å². The minimum atomic E-state index is -0.406. The van der Waals surface area contributed by atoms with Gasteiger partial charge in [-0.05, 0) is 38.1 Å². The van der Waals surface area contributed by atoms with Crippen molar-refractivity contribution in [2.24, 2.45) is 5.92 Å². The molecular formula is C16H23BrN2O2. The normalized spacial score (nSPS) is 22.3. The van der Waals surface area contributed by atoms with Gasteiger partial charge in [0.2, 0.25) is 5.91 Å². The van der Waals surface area contributed by atoms with Gasteiger partial charge in [0.1, 0.15) is 0 Å². The number of rotatable bonds is 5. The molecular weight excluding hydrogens is 332 g/mol. The lowest BCUT2D eigenvalue weighted by Crippen LogP contribution is -2.49. The van der Waals surface area contributed by atoms with E-state index in [0.717, 1.165) is 16.6 Å². The van der Waals surface area contributed by atoms with E-state index in [1.165, 1.54) is 0 Å². The van der Waals surface area contributed by atoms with E-state index < -0.39 is 5.54 Å². The molecule has 0 aliphatic carbocycles. The lowest BCUT2D eigenvalue weighted by molar-refractivity contribution is -0.127. The molecule has 0 bridgehead atoms. The number of amides is 1. The smallest absolute Gasteiger partial charge is 0.227 e. The van der Waals surface area contributed by atoms with Crippen LogP contribution in [0.3, 0.4) is 0 Å². The van der Waals surface area contributed by atoms with E-state index in [1.807, 2.05) is 45.0 Å². The topological polar surface area (TPSA) is 50.4 Å². The number of carbonyl (C=O) groups is 1. The van der Waals surface area contributed by atoms with Crippen molar-refractivity contribution in [2.45, 2.75) is 32.4 Å². The zero-order chi connectivity index (χ0) is 15.5. The Morgan fingerprint density at radius 3 is 2.62 bits per heavy atom. The van der Waals surface area contributed by atoms with Crippen LogP contribution in [0.2, 0.25) is 0 Å². The highest BCUT2D eigenvalue weighted by Gasteiger charge is 2.36. The lowest BCUT2D eigenvalue weighted by Gasteiger charge is -2.29. The second-order valence-corrected chi connectivity index (χ2v) is 6.84. The van der Waals surface area contributed by atoms with Crippen LogP contribution in [-0.2, 0) is 15.1 Å². The van der Waals surface area contributed by atoms with Crippen molar-refractivity contribution >= 4 is 21.8 Å². The Labute approximate surface area is 134 Å². The zero-order valence-electron chi connectivity index (χ0n) is 12.8. The molecule has 1 fully saturated rings. The van der Waals surface area contributed by atoms with Crippen LogP contribution in [0.25, 0.3) is 0 Å². The molecule has 2 rings (SSSR count). The maximum Gasteiger partial charge on any atom is 0.227 e. The van der Waals surface area contributed by atoms with E-state index >= 15 is 0 Å². The molecule has 4 nitrogen and oxygen atoms in total. The fourth-order valence-corrected chi connectivity index (χ4v) is 2.88. The van der Waals surface area contributed by atoms with Crippen molar-refractivity contribution in [3.05, 3.63) is 34.3 Å². The predicted octanol–water partition coefficient (Wildman–Crippen LogP) is 2.42. The van der Waals surface area contributed by atoms with Gasteiger partial charge in [0.15, 0.2) is 0 Å². The van der Waals surface area contributed by atoms with Crippen LogP contribution in [0.5, 0.6) is 0 Å². The molecule has 1 aliphatic heterocycles. The van der Waals surface area contributed by atoms with Gasteiger partial charge < -0.3 is 15.4 Å². The van der Waals surface area contributed by atoms with E-state index in [1.54, 1.807) is 0 Å². The summed E-state index contributed by atoms with van der Waals surface area (Å²) in [5, 5.41) is 6.46. The Hall–Kier alpha value is -0.910. The predicted molar refractivity (Wildman–Crippen MR) is 87.1 cm³/mol. The van der Waals surface area contributed by atoms with Crippen molar-refractivity contribution in [3.8, 4) is 0 Å². The highest BCUT2D eigenvalue weighted by Crippen LogP contribution is 2.24. The van der Waals surface area contributed by atoms with Crippen molar-refractivity contribution in [2.75, 3.05) is 19.8 Å². The summed E-state index contributed by atoms with van der Waals surface area (Å²) in [6, 6.07) is 8.14. The Kier molecular flexibility index (Phi) is 5.41. The van der Waals surface area contributed by atoms with Crippen molar-refractivity contribution < 1.29 is 9.53 Å². The summed E-state index contributed by atoms with van der Waals surface area (Å²) in [4.78, 5) is 12.5. The molecule has 116 valence electrons. The van der Waals surface area contributed by atoms with Crippen LogP contribution in [0, 0.1) is 5.92 Å². The number of likely N-dealkylation sites (N-methyl/N-ethyl adjacent to an activating group) is 1. The molecule has 2 atom stereocenters. The molecule has 0 saturated carbocycles. The average molecular weight is 355 g/mol. The van der Waals surface area contributed by atoms with E-state index in [0.29, 0.717) is 13.2 Å². The molecule has 21 heavy (non-hydrogen) atoms. The molecule has 2 unspecified atom stereocenters. The molecule has 5 heteroatoms. The van der Waals surface area contributed by atoms with Gasteiger partial charge in [0, 0.05) is 10.5 Å². The zero-order valence-corrected chi connectivity index (χ0v) is 14.4. The molecule has 0 radical (unpaired) electrons. The van der Waals surface area contributed by atoms with Gasteiger partial charge in [-0.2, -0.15) is 0 Å². The van der Waals surface area contributed by atoms with Gasteiger partial charge in [-0.25, -0.2) is 0 Å². The summed E-state index contributed by atoms with van der Waals surface area (Å²) in [5.74, 6) is -0.0777. The molecule has 2 N–H and O–H groups in total. The summed E-state index contributed by atoms with van der Waals surface area (Å²) < 4.78 is 6.48. The third-order valence-corrected chi connectivity index (χ3v) is 4.41. The minimum absolute atomic E-state index is 0.0476. The number of halogens is 1. The third-order valence-electron chi connectivity index (χ3n) is 3.89. The SMILES string of the molecule is CCNC1COCC1C(=O)NC(C)(C)c1ccc(Br)cc1. The summed E-state index contributed by atoms with van der Waals surface area (Å²) in [6.07, 6.45) is 0. The van der Waals surface area contributed by atoms with Crippen molar-refractivity contribution in [1.29, 1.82) is 0 Å². The Morgan fingerprint density at radius 2 is 2.00 bits per heavy atom. The van der Waals surface area contributed by atoms with Gasteiger partial charge in [0.25, 0.3) is 0 Å². The maximum atomic E-state index is 12.5. The first kappa shape index (κ1) is 16.5. The highest BCUT2D eigenvalue weighted by molar-refractivity contribution is 9.10. The van der Waals surface area contributed by atoms with Gasteiger partial charge >= 0.3 is 0 Å². The minimum Gasteiger partial charge on any atom is -0.379 e. The number of carbonyl (C=O) groups excluding carboxylic acids is 1. The fourth-order valence-electron chi connectivity index (χ4n) is 2.62. The molecule has 1 aliphatic rings. The Bertz CT molecular complexity index is 488. The van der Waals surface area contributed by atoms with Crippen LogP contribution in [0.15, 0.2) is 28.7 Å². The standard InChI is InChI=1S/C16H23BrN2O2/c1-4-18-14-10-21-9-13(14)15(20)19-16(2,3)11-5-7-12(17)8-6-11/h5-8,13-14,18H,4,9-10H2,1-3H3,(H,19,20). The third kappa shape index (κ3) is 4.05. The molecule has 1 aromatic carbocycles. The van der Waals surface area contributed by atoms with Crippen LogP contribution >= 0.6 is 15.9 Å². The van der Waals surface area contributed by atoms with Crippen LogP contribution in [-0.4, -0.2) is 31.7 Å². The van der Waals surface area contributed by atoms with Crippen molar-refractivity contribution in [1.82, 2.24) is 10.6 Å². The first-order valence-corrected chi connectivity index (χ1v) is 8.12.